The van der Waals surface area contributed by atoms with Crippen molar-refractivity contribution in [2.24, 2.45) is 0 Å². The minimum atomic E-state index is -0.470. The Hall–Kier alpha value is -1.75. The Morgan fingerprint density at radius 1 is 1.44 bits per heavy atom. The van der Waals surface area contributed by atoms with Gasteiger partial charge in [-0.3, -0.25) is 0 Å². The molecule has 1 atom stereocenters. The average Bonchev–Trinajstić information content (AvgIpc) is 2.42. The summed E-state index contributed by atoms with van der Waals surface area (Å²) in [4.78, 5) is 13.1. The summed E-state index contributed by atoms with van der Waals surface area (Å²) >= 11 is 0. The summed E-state index contributed by atoms with van der Waals surface area (Å²) in [5, 5.41) is 8.62. The number of methoxy groups -OCH3 is 1. The number of benzene rings is 1. The van der Waals surface area contributed by atoms with E-state index in [1.807, 2.05) is 31.2 Å². The maximum Gasteiger partial charge on any atom is 0.410 e. The van der Waals surface area contributed by atoms with Gasteiger partial charge in [-0.2, -0.15) is 0 Å². The van der Waals surface area contributed by atoms with Gasteiger partial charge in [0, 0.05) is 12.6 Å². The summed E-state index contributed by atoms with van der Waals surface area (Å²) in [5.41, 5.74) is 0.906. The van der Waals surface area contributed by atoms with Crippen LogP contribution < -0.4 is 4.74 Å². The second-order valence-electron chi connectivity index (χ2n) is 3.87. The number of nitrogens with zero attached hydrogens (tertiary/aromatic N) is 1. The highest BCUT2D eigenvalue weighted by Crippen LogP contribution is 2.28. The molecule has 0 aliphatic carbocycles. The van der Waals surface area contributed by atoms with Crippen molar-refractivity contribution >= 4 is 6.09 Å². The third-order valence-electron chi connectivity index (χ3n) is 2.77. The Labute approximate surface area is 107 Å². The van der Waals surface area contributed by atoms with Crippen molar-refractivity contribution in [2.75, 3.05) is 27.4 Å². The Morgan fingerprint density at radius 2 is 2.11 bits per heavy atom. The van der Waals surface area contributed by atoms with Crippen LogP contribution in [0.4, 0.5) is 4.79 Å². The number of amides is 1. The maximum atomic E-state index is 11.7. The fourth-order valence-electron chi connectivity index (χ4n) is 1.61. The smallest absolute Gasteiger partial charge is 0.410 e. The lowest BCUT2D eigenvalue weighted by Crippen LogP contribution is -2.31. The van der Waals surface area contributed by atoms with Gasteiger partial charge >= 0.3 is 6.09 Å². The summed E-state index contributed by atoms with van der Waals surface area (Å²) in [6.45, 7) is 1.71. The average molecular weight is 253 g/mol. The molecule has 0 radical (unpaired) electrons. The molecule has 0 aromatic heterocycles. The van der Waals surface area contributed by atoms with Gasteiger partial charge in [0.2, 0.25) is 0 Å². The SMILES string of the molecule is COc1ccccc1C(C)N(C)C(=O)OCCO. The van der Waals surface area contributed by atoms with Gasteiger partial charge < -0.3 is 19.5 Å². The van der Waals surface area contributed by atoms with Crippen molar-refractivity contribution in [1.82, 2.24) is 4.90 Å². The predicted molar refractivity (Wildman–Crippen MR) is 67.6 cm³/mol. The van der Waals surface area contributed by atoms with Gasteiger partial charge in [-0.15, -0.1) is 0 Å². The van der Waals surface area contributed by atoms with Crippen LogP contribution >= 0.6 is 0 Å². The van der Waals surface area contributed by atoms with Crippen LogP contribution in [0, 0.1) is 0 Å². The number of ether oxygens (including phenoxy) is 2. The molecular formula is C13H19NO4. The van der Waals surface area contributed by atoms with Crippen LogP contribution in [0.5, 0.6) is 5.75 Å². The first-order valence-electron chi connectivity index (χ1n) is 5.75. The lowest BCUT2D eigenvalue weighted by atomic mass is 10.1. The fraction of sp³-hybridized carbons (Fsp3) is 0.462. The number of hydrogen-bond donors (Lipinski definition) is 1. The molecule has 18 heavy (non-hydrogen) atoms. The molecule has 5 heteroatoms. The molecule has 1 aromatic carbocycles. The van der Waals surface area contributed by atoms with E-state index in [0.717, 1.165) is 11.3 Å². The zero-order valence-corrected chi connectivity index (χ0v) is 10.9. The third kappa shape index (κ3) is 3.37. The van der Waals surface area contributed by atoms with Crippen LogP contribution in [0.3, 0.4) is 0 Å². The molecule has 0 fully saturated rings. The van der Waals surface area contributed by atoms with Crippen molar-refractivity contribution < 1.29 is 19.4 Å². The molecule has 0 aliphatic rings. The van der Waals surface area contributed by atoms with Crippen LogP contribution in [-0.2, 0) is 4.74 Å². The van der Waals surface area contributed by atoms with Gasteiger partial charge in [0.05, 0.1) is 19.8 Å². The molecule has 0 aliphatic heterocycles. The molecule has 0 spiro atoms. The number of aliphatic hydroxyl groups excluding tert-OH is 1. The van der Waals surface area contributed by atoms with Crippen LogP contribution in [0.25, 0.3) is 0 Å². The number of aliphatic hydroxyl groups is 1. The van der Waals surface area contributed by atoms with E-state index in [9.17, 15) is 4.79 Å². The quantitative estimate of drug-likeness (QED) is 0.869. The van der Waals surface area contributed by atoms with Crippen molar-refractivity contribution in [3.05, 3.63) is 29.8 Å². The van der Waals surface area contributed by atoms with E-state index in [0.29, 0.717) is 0 Å². The number of carbonyl (C=O) groups excluding carboxylic acids is 1. The number of para-hydroxylation sites is 1. The molecule has 1 aromatic rings. The Balaban J connectivity index is 2.79. The molecule has 5 nitrogen and oxygen atoms in total. The van der Waals surface area contributed by atoms with Crippen molar-refractivity contribution in [3.8, 4) is 5.75 Å². The summed E-state index contributed by atoms with van der Waals surface area (Å²) in [7, 11) is 3.24. The second-order valence-corrected chi connectivity index (χ2v) is 3.87. The molecule has 0 saturated heterocycles. The summed E-state index contributed by atoms with van der Waals surface area (Å²) < 4.78 is 10.1. The van der Waals surface area contributed by atoms with E-state index < -0.39 is 6.09 Å². The molecule has 0 bridgehead atoms. The molecule has 1 N–H and O–H groups in total. The fourth-order valence-corrected chi connectivity index (χ4v) is 1.61. The zero-order chi connectivity index (χ0) is 13.5. The summed E-state index contributed by atoms with van der Waals surface area (Å²) in [5.74, 6) is 0.729. The number of hydrogen-bond acceptors (Lipinski definition) is 4. The van der Waals surface area contributed by atoms with Gasteiger partial charge in [-0.25, -0.2) is 4.79 Å². The maximum absolute atomic E-state index is 11.7. The number of rotatable bonds is 5. The van der Waals surface area contributed by atoms with E-state index in [4.69, 9.17) is 14.6 Å². The topological polar surface area (TPSA) is 59.0 Å². The molecule has 1 unspecified atom stereocenters. The molecule has 0 saturated carbocycles. The largest absolute Gasteiger partial charge is 0.496 e. The van der Waals surface area contributed by atoms with Crippen molar-refractivity contribution in [3.63, 3.8) is 0 Å². The monoisotopic (exact) mass is 253 g/mol. The Kier molecular flexibility index (Phi) is 5.45. The van der Waals surface area contributed by atoms with Crippen LogP contribution in [0.2, 0.25) is 0 Å². The van der Waals surface area contributed by atoms with Gasteiger partial charge in [0.1, 0.15) is 12.4 Å². The van der Waals surface area contributed by atoms with E-state index >= 15 is 0 Å². The summed E-state index contributed by atoms with van der Waals surface area (Å²) in [6.07, 6.45) is -0.470. The Morgan fingerprint density at radius 3 is 2.72 bits per heavy atom. The van der Waals surface area contributed by atoms with Crippen molar-refractivity contribution in [1.29, 1.82) is 0 Å². The highest BCUT2D eigenvalue weighted by molar-refractivity contribution is 5.68. The summed E-state index contributed by atoms with van der Waals surface area (Å²) in [6, 6.07) is 7.34. The first kappa shape index (κ1) is 14.3. The van der Waals surface area contributed by atoms with E-state index in [2.05, 4.69) is 0 Å². The van der Waals surface area contributed by atoms with E-state index in [1.54, 1.807) is 14.2 Å². The first-order chi connectivity index (χ1) is 8.61. The Bertz CT molecular complexity index is 394. The predicted octanol–water partition coefficient (Wildman–Crippen LogP) is 1.82. The minimum Gasteiger partial charge on any atom is -0.496 e. The zero-order valence-electron chi connectivity index (χ0n) is 10.9. The molecule has 1 rings (SSSR count). The standard InChI is InChI=1S/C13H19NO4/c1-10(14(2)13(16)18-9-8-15)11-6-4-5-7-12(11)17-3/h4-7,10,15H,8-9H2,1-3H3. The van der Waals surface area contributed by atoms with Crippen LogP contribution in [0.1, 0.15) is 18.5 Å². The molecular weight excluding hydrogens is 234 g/mol. The highest BCUT2D eigenvalue weighted by atomic mass is 16.6. The van der Waals surface area contributed by atoms with E-state index in [-0.39, 0.29) is 19.3 Å². The van der Waals surface area contributed by atoms with Crippen LogP contribution in [0.15, 0.2) is 24.3 Å². The molecule has 1 amide bonds. The first-order valence-corrected chi connectivity index (χ1v) is 5.75. The van der Waals surface area contributed by atoms with Gasteiger partial charge in [0.15, 0.2) is 0 Å². The van der Waals surface area contributed by atoms with Crippen molar-refractivity contribution in [2.45, 2.75) is 13.0 Å². The second kappa shape index (κ2) is 6.86. The van der Waals surface area contributed by atoms with E-state index in [1.165, 1.54) is 4.90 Å². The van der Waals surface area contributed by atoms with Gasteiger partial charge in [-0.1, -0.05) is 18.2 Å². The van der Waals surface area contributed by atoms with Gasteiger partial charge in [0.25, 0.3) is 0 Å². The van der Waals surface area contributed by atoms with Crippen LogP contribution in [-0.4, -0.2) is 43.5 Å². The highest BCUT2D eigenvalue weighted by Gasteiger charge is 2.20. The third-order valence-corrected chi connectivity index (χ3v) is 2.77. The normalized spacial score (nSPS) is 11.8. The lowest BCUT2D eigenvalue weighted by Gasteiger charge is -2.25. The van der Waals surface area contributed by atoms with Gasteiger partial charge in [-0.05, 0) is 13.0 Å². The molecule has 0 heterocycles. The molecule has 100 valence electrons. The number of carbonyl (C=O) groups is 1. The lowest BCUT2D eigenvalue weighted by molar-refractivity contribution is 0.0816. The minimum absolute atomic E-state index is 0.00180.